The third-order valence-corrected chi connectivity index (χ3v) is 2.03. The second-order valence-corrected chi connectivity index (χ2v) is 3.21. The predicted molar refractivity (Wildman–Crippen MR) is 53.8 cm³/mol. The van der Waals surface area contributed by atoms with Crippen molar-refractivity contribution >= 4 is 11.9 Å². The minimum Gasteiger partial charge on any atom is -0.493 e. The lowest BCUT2D eigenvalue weighted by Crippen LogP contribution is -2.09. The molecule has 0 saturated carbocycles. The molecule has 0 amide bonds. The van der Waals surface area contributed by atoms with Crippen LogP contribution >= 0.6 is 0 Å². The number of aryl methyl sites for hydroxylation is 1. The topological polar surface area (TPSA) is 108 Å². The number of hydrogen-bond donors (Lipinski definition) is 3. The SMILES string of the molecule is CCCc1nc(O)c(C(=O)O)cc1C(=O)O. The minimum absolute atomic E-state index is 0.183. The number of carbonyl (C=O) groups is 2. The molecule has 0 saturated heterocycles. The van der Waals surface area contributed by atoms with Gasteiger partial charge in [-0.2, -0.15) is 0 Å². The summed E-state index contributed by atoms with van der Waals surface area (Å²) >= 11 is 0. The van der Waals surface area contributed by atoms with Crippen LogP contribution in [-0.4, -0.2) is 32.2 Å². The first kappa shape index (κ1) is 12.0. The van der Waals surface area contributed by atoms with Gasteiger partial charge in [-0.3, -0.25) is 0 Å². The van der Waals surface area contributed by atoms with Crippen LogP contribution in [0.25, 0.3) is 0 Å². The number of aromatic nitrogens is 1. The average molecular weight is 225 g/mol. The van der Waals surface area contributed by atoms with Gasteiger partial charge in [-0.25, -0.2) is 14.6 Å². The number of hydrogen-bond acceptors (Lipinski definition) is 4. The largest absolute Gasteiger partial charge is 0.493 e. The van der Waals surface area contributed by atoms with Crippen LogP contribution in [0, 0.1) is 0 Å². The summed E-state index contributed by atoms with van der Waals surface area (Å²) in [6, 6.07) is 0.929. The summed E-state index contributed by atoms with van der Waals surface area (Å²) in [7, 11) is 0. The molecule has 0 fully saturated rings. The maximum Gasteiger partial charge on any atom is 0.341 e. The van der Waals surface area contributed by atoms with E-state index in [0.29, 0.717) is 12.8 Å². The van der Waals surface area contributed by atoms with E-state index in [-0.39, 0.29) is 11.3 Å². The second-order valence-electron chi connectivity index (χ2n) is 3.21. The highest BCUT2D eigenvalue weighted by molar-refractivity contribution is 5.95. The fraction of sp³-hybridized carbons (Fsp3) is 0.300. The lowest BCUT2D eigenvalue weighted by molar-refractivity contribution is 0.0693. The molecule has 86 valence electrons. The van der Waals surface area contributed by atoms with Crippen molar-refractivity contribution in [2.75, 3.05) is 0 Å². The Morgan fingerprint density at radius 1 is 1.25 bits per heavy atom. The highest BCUT2D eigenvalue weighted by atomic mass is 16.4. The lowest BCUT2D eigenvalue weighted by Gasteiger charge is -2.06. The second kappa shape index (κ2) is 4.61. The number of rotatable bonds is 4. The van der Waals surface area contributed by atoms with E-state index in [4.69, 9.17) is 10.2 Å². The van der Waals surface area contributed by atoms with Crippen molar-refractivity contribution in [3.8, 4) is 5.88 Å². The van der Waals surface area contributed by atoms with Crippen molar-refractivity contribution in [2.24, 2.45) is 0 Å². The molecule has 0 aliphatic carbocycles. The first-order chi connectivity index (χ1) is 7.47. The van der Waals surface area contributed by atoms with Gasteiger partial charge < -0.3 is 15.3 Å². The Hall–Kier alpha value is -2.11. The van der Waals surface area contributed by atoms with Crippen LogP contribution in [0.5, 0.6) is 5.88 Å². The van der Waals surface area contributed by atoms with Gasteiger partial charge in [0.1, 0.15) is 5.56 Å². The molecule has 1 aromatic heterocycles. The van der Waals surface area contributed by atoms with Gasteiger partial charge in [0, 0.05) is 0 Å². The number of aromatic hydroxyl groups is 1. The molecule has 16 heavy (non-hydrogen) atoms. The Labute approximate surface area is 91.2 Å². The van der Waals surface area contributed by atoms with Crippen LogP contribution in [0.15, 0.2) is 6.07 Å². The molecule has 1 rings (SSSR count). The summed E-state index contributed by atoms with van der Waals surface area (Å²) in [5, 5.41) is 26.9. The van der Waals surface area contributed by atoms with E-state index < -0.39 is 23.4 Å². The van der Waals surface area contributed by atoms with Crippen LogP contribution < -0.4 is 0 Å². The Balaban J connectivity index is 3.36. The summed E-state index contributed by atoms with van der Waals surface area (Å²) < 4.78 is 0. The minimum atomic E-state index is -1.41. The maximum atomic E-state index is 10.9. The molecule has 0 spiro atoms. The first-order valence-electron chi connectivity index (χ1n) is 4.66. The number of aromatic carboxylic acids is 2. The van der Waals surface area contributed by atoms with Gasteiger partial charge in [0.2, 0.25) is 5.88 Å². The van der Waals surface area contributed by atoms with Crippen molar-refractivity contribution in [2.45, 2.75) is 19.8 Å². The molecule has 0 aromatic carbocycles. The van der Waals surface area contributed by atoms with Crippen molar-refractivity contribution in [1.29, 1.82) is 0 Å². The fourth-order valence-corrected chi connectivity index (χ4v) is 1.31. The molecule has 1 aromatic rings. The van der Waals surface area contributed by atoms with Crippen LogP contribution in [0.1, 0.15) is 39.8 Å². The highest BCUT2D eigenvalue weighted by Gasteiger charge is 2.19. The Morgan fingerprint density at radius 3 is 2.25 bits per heavy atom. The maximum absolute atomic E-state index is 10.9. The summed E-state index contributed by atoms with van der Waals surface area (Å²) in [6.45, 7) is 1.83. The molecule has 6 heteroatoms. The van der Waals surface area contributed by atoms with Crippen molar-refractivity contribution in [1.82, 2.24) is 4.98 Å². The monoisotopic (exact) mass is 225 g/mol. The summed E-state index contributed by atoms with van der Waals surface area (Å²) in [6.07, 6.45) is 1.02. The van der Waals surface area contributed by atoms with E-state index >= 15 is 0 Å². The van der Waals surface area contributed by atoms with Gasteiger partial charge in [0.25, 0.3) is 0 Å². The van der Waals surface area contributed by atoms with Crippen LogP contribution in [0.3, 0.4) is 0 Å². The van der Waals surface area contributed by atoms with Crippen molar-refractivity contribution in [3.63, 3.8) is 0 Å². The summed E-state index contributed by atoms with van der Waals surface area (Å²) in [4.78, 5) is 25.1. The molecule has 0 bridgehead atoms. The van der Waals surface area contributed by atoms with Crippen LogP contribution in [0.2, 0.25) is 0 Å². The zero-order chi connectivity index (χ0) is 12.3. The molecule has 6 nitrogen and oxygen atoms in total. The van der Waals surface area contributed by atoms with E-state index in [1.165, 1.54) is 0 Å². The van der Waals surface area contributed by atoms with E-state index in [2.05, 4.69) is 4.98 Å². The molecular weight excluding hydrogens is 214 g/mol. The molecule has 0 aliphatic heterocycles. The third kappa shape index (κ3) is 2.28. The van der Waals surface area contributed by atoms with Crippen LogP contribution in [0.4, 0.5) is 0 Å². The van der Waals surface area contributed by atoms with Gasteiger partial charge in [0.15, 0.2) is 0 Å². The molecule has 0 aliphatic rings. The lowest BCUT2D eigenvalue weighted by atomic mass is 10.1. The van der Waals surface area contributed by atoms with E-state index in [0.717, 1.165) is 6.07 Å². The van der Waals surface area contributed by atoms with Gasteiger partial charge in [-0.1, -0.05) is 13.3 Å². The molecule has 1 heterocycles. The molecule has 0 unspecified atom stereocenters. The number of carboxylic acids is 2. The Morgan fingerprint density at radius 2 is 1.81 bits per heavy atom. The Kier molecular flexibility index (Phi) is 3.44. The number of nitrogens with zero attached hydrogens (tertiary/aromatic N) is 1. The smallest absolute Gasteiger partial charge is 0.341 e. The van der Waals surface area contributed by atoms with Crippen LogP contribution in [-0.2, 0) is 6.42 Å². The zero-order valence-electron chi connectivity index (χ0n) is 8.60. The van der Waals surface area contributed by atoms with E-state index in [1.54, 1.807) is 0 Å². The number of pyridine rings is 1. The first-order valence-corrected chi connectivity index (χ1v) is 4.66. The highest BCUT2D eigenvalue weighted by Crippen LogP contribution is 2.20. The standard InChI is InChI=1S/C10H11NO5/c1-2-3-7-5(9(13)14)4-6(10(15)16)8(12)11-7/h4H,2-3H2,1H3,(H,11,12)(H,13,14)(H,15,16). The third-order valence-electron chi connectivity index (χ3n) is 2.03. The number of carboxylic acid groups (broad SMARTS) is 2. The molecule has 3 N–H and O–H groups in total. The van der Waals surface area contributed by atoms with Gasteiger partial charge >= 0.3 is 11.9 Å². The normalized spacial score (nSPS) is 10.1. The summed E-state index contributed by atoms with van der Waals surface area (Å²) in [5.74, 6) is -3.31. The fourth-order valence-electron chi connectivity index (χ4n) is 1.31. The average Bonchev–Trinajstić information content (AvgIpc) is 2.17. The van der Waals surface area contributed by atoms with Gasteiger partial charge in [0.05, 0.1) is 11.3 Å². The van der Waals surface area contributed by atoms with Gasteiger partial charge in [-0.15, -0.1) is 0 Å². The quantitative estimate of drug-likeness (QED) is 0.709. The zero-order valence-corrected chi connectivity index (χ0v) is 8.60. The van der Waals surface area contributed by atoms with Crippen molar-refractivity contribution < 1.29 is 24.9 Å². The Bertz CT molecular complexity index is 441. The molecular formula is C10H11NO5. The predicted octanol–water partition coefficient (Wildman–Crippen LogP) is 1.14. The summed E-state index contributed by atoms with van der Waals surface area (Å²) in [5.41, 5.74) is -0.494. The van der Waals surface area contributed by atoms with E-state index in [1.807, 2.05) is 6.92 Å². The molecule has 0 atom stereocenters. The molecule has 0 radical (unpaired) electrons. The van der Waals surface area contributed by atoms with Gasteiger partial charge in [-0.05, 0) is 12.5 Å². The van der Waals surface area contributed by atoms with Crippen molar-refractivity contribution in [3.05, 3.63) is 22.9 Å². The van der Waals surface area contributed by atoms with E-state index in [9.17, 15) is 14.7 Å².